The molecule has 0 amide bonds. The number of hydrogen-bond acceptors (Lipinski definition) is 1. The molecule has 0 aliphatic heterocycles. The van der Waals surface area contributed by atoms with Crippen molar-refractivity contribution in [3.8, 4) is 0 Å². The van der Waals surface area contributed by atoms with E-state index >= 15 is 0 Å². The average molecular weight is 142 g/mol. The molecule has 10 heavy (non-hydrogen) atoms. The van der Waals surface area contributed by atoms with Gasteiger partial charge in [-0.05, 0) is 32.6 Å². The predicted octanol–water partition coefficient (Wildman–Crippen LogP) is 2.21. The lowest BCUT2D eigenvalue weighted by atomic mass is 10.0. The summed E-state index contributed by atoms with van der Waals surface area (Å²) in [6, 6.07) is 0. The van der Waals surface area contributed by atoms with E-state index in [9.17, 15) is 0 Å². The molecule has 0 aromatic heterocycles. The van der Waals surface area contributed by atoms with E-state index < -0.39 is 0 Å². The smallest absolute Gasteiger partial charge is 0.290 e. The highest BCUT2D eigenvalue weighted by molar-refractivity contribution is 5.32. The first-order chi connectivity index (χ1) is 4.81. The van der Waals surface area contributed by atoms with Crippen LogP contribution >= 0.6 is 0 Å². The minimum Gasteiger partial charge on any atom is -0.483 e. The number of allylic oxidation sites excluding steroid dienone is 2. The molecule has 0 saturated heterocycles. The van der Waals surface area contributed by atoms with Crippen molar-refractivity contribution >= 4 is 6.47 Å². The standard InChI is InChI=1S/C7H12.CH2O2/c1-7-5-3-2-4-6-7;2-1-3/h5H,2-4,6H2,1H3;1H,(H,2,3). The molecule has 0 aromatic rings. The maximum atomic E-state index is 8.36. The molecule has 1 aliphatic carbocycles. The van der Waals surface area contributed by atoms with E-state index in [0.29, 0.717) is 0 Å². The van der Waals surface area contributed by atoms with Crippen LogP contribution in [0.4, 0.5) is 0 Å². The average Bonchev–Trinajstić information content (AvgIpc) is 1.91. The highest BCUT2D eigenvalue weighted by Crippen LogP contribution is 2.15. The van der Waals surface area contributed by atoms with Crippen molar-refractivity contribution in [2.45, 2.75) is 32.6 Å². The second-order valence-electron chi connectivity index (χ2n) is 2.40. The number of carboxylic acid groups (broad SMARTS) is 1. The Labute approximate surface area is 61.6 Å². The van der Waals surface area contributed by atoms with E-state index in [1.165, 1.54) is 25.7 Å². The van der Waals surface area contributed by atoms with Gasteiger partial charge >= 0.3 is 0 Å². The van der Waals surface area contributed by atoms with Crippen molar-refractivity contribution < 1.29 is 9.90 Å². The van der Waals surface area contributed by atoms with Gasteiger partial charge in [0.05, 0.1) is 0 Å². The van der Waals surface area contributed by atoms with Crippen LogP contribution in [0, 0.1) is 0 Å². The summed E-state index contributed by atoms with van der Waals surface area (Å²) in [5.74, 6) is 0. The van der Waals surface area contributed by atoms with E-state index in [2.05, 4.69) is 13.0 Å². The molecule has 0 bridgehead atoms. The molecule has 0 saturated carbocycles. The Morgan fingerprint density at radius 1 is 1.60 bits per heavy atom. The summed E-state index contributed by atoms with van der Waals surface area (Å²) in [7, 11) is 0. The van der Waals surface area contributed by atoms with Crippen LogP contribution in [0.2, 0.25) is 0 Å². The van der Waals surface area contributed by atoms with E-state index in [1.54, 1.807) is 5.57 Å². The van der Waals surface area contributed by atoms with Crippen LogP contribution in [-0.2, 0) is 4.79 Å². The third-order valence-corrected chi connectivity index (χ3v) is 1.52. The Balaban J connectivity index is 0.000000236. The van der Waals surface area contributed by atoms with Crippen molar-refractivity contribution in [3.05, 3.63) is 11.6 Å². The molecule has 0 aromatic carbocycles. The van der Waals surface area contributed by atoms with Gasteiger partial charge in [-0.2, -0.15) is 0 Å². The molecular formula is C8H14O2. The van der Waals surface area contributed by atoms with Crippen LogP contribution in [-0.4, -0.2) is 11.6 Å². The van der Waals surface area contributed by atoms with Gasteiger partial charge in [0.25, 0.3) is 6.47 Å². The summed E-state index contributed by atoms with van der Waals surface area (Å²) in [4.78, 5) is 8.36. The topological polar surface area (TPSA) is 37.3 Å². The van der Waals surface area contributed by atoms with Crippen molar-refractivity contribution in [2.75, 3.05) is 0 Å². The van der Waals surface area contributed by atoms with Crippen LogP contribution in [0.5, 0.6) is 0 Å². The summed E-state index contributed by atoms with van der Waals surface area (Å²) in [5, 5.41) is 6.89. The number of carbonyl (C=O) groups is 1. The molecule has 2 heteroatoms. The second-order valence-corrected chi connectivity index (χ2v) is 2.40. The lowest BCUT2D eigenvalue weighted by Gasteiger charge is -2.05. The summed E-state index contributed by atoms with van der Waals surface area (Å²) in [5.41, 5.74) is 1.59. The van der Waals surface area contributed by atoms with E-state index in [0.717, 1.165) is 0 Å². The van der Waals surface area contributed by atoms with Gasteiger partial charge in [-0.3, -0.25) is 4.79 Å². The van der Waals surface area contributed by atoms with Crippen LogP contribution < -0.4 is 0 Å². The van der Waals surface area contributed by atoms with Crippen molar-refractivity contribution in [3.63, 3.8) is 0 Å². The molecular weight excluding hydrogens is 128 g/mol. The number of rotatable bonds is 0. The van der Waals surface area contributed by atoms with Crippen molar-refractivity contribution in [1.82, 2.24) is 0 Å². The fourth-order valence-corrected chi connectivity index (χ4v) is 0.999. The second kappa shape index (κ2) is 6.33. The molecule has 0 atom stereocenters. The quantitative estimate of drug-likeness (QED) is 0.416. The predicted molar refractivity (Wildman–Crippen MR) is 40.9 cm³/mol. The Hall–Kier alpha value is -0.790. The Morgan fingerprint density at radius 3 is 2.40 bits per heavy atom. The first-order valence-electron chi connectivity index (χ1n) is 3.54. The third kappa shape index (κ3) is 5.35. The van der Waals surface area contributed by atoms with Crippen LogP contribution in [0.1, 0.15) is 32.6 Å². The van der Waals surface area contributed by atoms with Crippen LogP contribution in [0.25, 0.3) is 0 Å². The monoisotopic (exact) mass is 142 g/mol. The van der Waals surface area contributed by atoms with Gasteiger partial charge in [0.15, 0.2) is 0 Å². The molecule has 58 valence electrons. The molecule has 1 rings (SSSR count). The van der Waals surface area contributed by atoms with Crippen molar-refractivity contribution in [1.29, 1.82) is 0 Å². The fraction of sp³-hybridized carbons (Fsp3) is 0.625. The van der Waals surface area contributed by atoms with Gasteiger partial charge in [0.2, 0.25) is 0 Å². The van der Waals surface area contributed by atoms with Crippen LogP contribution in [0.3, 0.4) is 0 Å². The molecule has 0 heterocycles. The first-order valence-corrected chi connectivity index (χ1v) is 3.54. The van der Waals surface area contributed by atoms with E-state index in [-0.39, 0.29) is 6.47 Å². The summed E-state index contributed by atoms with van der Waals surface area (Å²) >= 11 is 0. The maximum Gasteiger partial charge on any atom is 0.290 e. The molecule has 1 aliphatic rings. The lowest BCUT2D eigenvalue weighted by molar-refractivity contribution is -0.122. The minimum absolute atomic E-state index is 0.250. The molecule has 0 unspecified atom stereocenters. The summed E-state index contributed by atoms with van der Waals surface area (Å²) in [6.07, 6.45) is 7.86. The van der Waals surface area contributed by atoms with Gasteiger partial charge in [-0.25, -0.2) is 0 Å². The zero-order chi connectivity index (χ0) is 7.82. The minimum atomic E-state index is -0.250. The summed E-state index contributed by atoms with van der Waals surface area (Å²) in [6.45, 7) is 1.97. The van der Waals surface area contributed by atoms with Gasteiger partial charge in [-0.15, -0.1) is 0 Å². The normalized spacial score (nSPS) is 16.3. The zero-order valence-electron chi connectivity index (χ0n) is 6.34. The maximum absolute atomic E-state index is 8.36. The SMILES string of the molecule is CC1=CCCCC1.O=CO. The molecule has 0 radical (unpaired) electrons. The fourth-order valence-electron chi connectivity index (χ4n) is 0.999. The van der Waals surface area contributed by atoms with Gasteiger partial charge in [0, 0.05) is 0 Å². The molecule has 1 N–H and O–H groups in total. The van der Waals surface area contributed by atoms with Gasteiger partial charge in [-0.1, -0.05) is 11.6 Å². The van der Waals surface area contributed by atoms with E-state index in [4.69, 9.17) is 9.90 Å². The molecule has 2 nitrogen and oxygen atoms in total. The number of hydrogen-bond donors (Lipinski definition) is 1. The Kier molecular flexibility index (Phi) is 5.83. The molecule has 0 spiro atoms. The Morgan fingerprint density at radius 2 is 2.20 bits per heavy atom. The summed E-state index contributed by atoms with van der Waals surface area (Å²) < 4.78 is 0. The highest BCUT2D eigenvalue weighted by Gasteiger charge is 1.95. The largest absolute Gasteiger partial charge is 0.483 e. The van der Waals surface area contributed by atoms with Gasteiger partial charge in [0.1, 0.15) is 0 Å². The third-order valence-electron chi connectivity index (χ3n) is 1.52. The van der Waals surface area contributed by atoms with E-state index in [1.807, 2.05) is 0 Å². The van der Waals surface area contributed by atoms with Crippen molar-refractivity contribution in [2.24, 2.45) is 0 Å². The lowest BCUT2D eigenvalue weighted by Crippen LogP contribution is -1.85. The Bertz CT molecular complexity index is 116. The van der Waals surface area contributed by atoms with Gasteiger partial charge < -0.3 is 5.11 Å². The van der Waals surface area contributed by atoms with Crippen LogP contribution in [0.15, 0.2) is 11.6 Å². The zero-order valence-corrected chi connectivity index (χ0v) is 6.34. The molecule has 0 fully saturated rings. The first kappa shape index (κ1) is 9.21. The highest BCUT2D eigenvalue weighted by atomic mass is 16.3.